The molecule has 0 aromatic carbocycles. The fourth-order valence-electron chi connectivity index (χ4n) is 4.92. The van der Waals surface area contributed by atoms with Crippen LogP contribution in [0.4, 0.5) is 0 Å². The van der Waals surface area contributed by atoms with Gasteiger partial charge in [-0.1, -0.05) is 27.7 Å². The highest BCUT2D eigenvalue weighted by atomic mass is 32.2. The van der Waals surface area contributed by atoms with Crippen molar-refractivity contribution in [1.29, 1.82) is 0 Å². The Balaban J connectivity index is 3.02. The van der Waals surface area contributed by atoms with E-state index in [9.17, 15) is 43.8 Å². The molecule has 1 heterocycles. The molecule has 0 bridgehead atoms. The zero-order valence-electron chi connectivity index (χ0n) is 27.6. The van der Waals surface area contributed by atoms with Crippen LogP contribution in [0.1, 0.15) is 53.4 Å². The molecular weight excluding hydrogens is 654 g/mol. The number of carbonyl (C=O) groups excluding carboxylic acids is 6. The van der Waals surface area contributed by atoms with Gasteiger partial charge in [0.05, 0.1) is 13.2 Å². The van der Waals surface area contributed by atoms with Crippen LogP contribution in [0.5, 0.6) is 0 Å². The predicted octanol–water partition coefficient (Wildman–Crippen LogP) is -2.18. The lowest BCUT2D eigenvalue weighted by Gasteiger charge is -2.30. The van der Waals surface area contributed by atoms with E-state index in [0.29, 0.717) is 12.2 Å². The highest BCUT2D eigenvalue weighted by Gasteiger charge is 2.39. The van der Waals surface area contributed by atoms with Crippen molar-refractivity contribution < 1.29 is 43.8 Å². The average Bonchev–Trinajstić information content (AvgIpc) is 3.51. The summed E-state index contributed by atoms with van der Waals surface area (Å²) < 4.78 is 0. The Kier molecular flexibility index (Phi) is 18.7. The minimum Gasteiger partial charge on any atom is -0.480 e. The largest absolute Gasteiger partial charge is 0.480 e. The van der Waals surface area contributed by atoms with E-state index in [4.69, 9.17) is 5.73 Å². The van der Waals surface area contributed by atoms with E-state index in [2.05, 4.69) is 39.2 Å². The molecule has 268 valence electrons. The van der Waals surface area contributed by atoms with E-state index in [0.717, 1.165) is 0 Å². The van der Waals surface area contributed by atoms with Crippen LogP contribution < -0.4 is 32.3 Å². The molecule has 6 amide bonds. The molecule has 16 nitrogen and oxygen atoms in total. The number of nitrogens with zero attached hydrogens (tertiary/aromatic N) is 1. The second-order valence-electron chi connectivity index (χ2n) is 12.0. The number of thiol groups is 1. The zero-order chi connectivity index (χ0) is 35.8. The van der Waals surface area contributed by atoms with Crippen molar-refractivity contribution in [2.45, 2.75) is 89.6 Å². The lowest BCUT2D eigenvalue weighted by molar-refractivity contribution is -0.143. The van der Waals surface area contributed by atoms with Gasteiger partial charge < -0.3 is 47.4 Å². The summed E-state index contributed by atoms with van der Waals surface area (Å²) in [6, 6.07) is -6.80. The molecule has 47 heavy (non-hydrogen) atoms. The van der Waals surface area contributed by atoms with Gasteiger partial charge >= 0.3 is 5.97 Å². The van der Waals surface area contributed by atoms with E-state index >= 15 is 0 Å². The Morgan fingerprint density at radius 3 is 2.02 bits per heavy atom. The van der Waals surface area contributed by atoms with Gasteiger partial charge in [0.1, 0.15) is 36.3 Å². The molecule has 0 aromatic rings. The summed E-state index contributed by atoms with van der Waals surface area (Å²) in [6.45, 7) is 6.15. The molecule has 0 aromatic heterocycles. The number of aliphatic hydroxyl groups excluding tert-OH is 1. The molecule has 6 unspecified atom stereocenters. The third-order valence-electron chi connectivity index (χ3n) is 7.47. The highest BCUT2D eigenvalue weighted by Crippen LogP contribution is 2.19. The normalized spacial score (nSPS) is 17.7. The SMILES string of the molecule is CSCCC(NC(=O)C(CC(C)C)NC(=O)C(NC(=O)C(CS)NC(=O)C1CCCN1C(=O)C(CO)NC(=O)CN)C(C)C)C(=O)O. The fourth-order valence-corrected chi connectivity index (χ4v) is 5.65. The zero-order valence-corrected chi connectivity index (χ0v) is 29.3. The first-order valence-electron chi connectivity index (χ1n) is 15.6. The van der Waals surface area contributed by atoms with Gasteiger partial charge in [-0.3, -0.25) is 28.8 Å². The number of amides is 6. The van der Waals surface area contributed by atoms with Gasteiger partial charge in [-0.2, -0.15) is 24.4 Å². The fraction of sp³-hybridized carbons (Fsp3) is 0.759. The van der Waals surface area contributed by atoms with Crippen LogP contribution in [0, 0.1) is 11.8 Å². The molecule has 0 spiro atoms. The molecule has 1 aliphatic heterocycles. The van der Waals surface area contributed by atoms with Crippen molar-refractivity contribution in [3.8, 4) is 0 Å². The van der Waals surface area contributed by atoms with E-state index in [1.165, 1.54) is 16.7 Å². The number of likely N-dealkylation sites (tertiary alicyclic amines) is 1. The number of rotatable bonds is 20. The summed E-state index contributed by atoms with van der Waals surface area (Å²) in [6.07, 6.45) is 2.97. The quantitative estimate of drug-likeness (QED) is 0.0616. The molecule has 6 atom stereocenters. The summed E-state index contributed by atoms with van der Waals surface area (Å²) in [5.41, 5.74) is 5.28. The van der Waals surface area contributed by atoms with Gasteiger partial charge in [-0.25, -0.2) is 4.79 Å². The van der Waals surface area contributed by atoms with Crippen molar-refractivity contribution in [1.82, 2.24) is 31.5 Å². The van der Waals surface area contributed by atoms with Crippen molar-refractivity contribution in [2.75, 3.05) is 37.5 Å². The van der Waals surface area contributed by atoms with Gasteiger partial charge in [0.2, 0.25) is 35.4 Å². The average molecular weight is 706 g/mol. The van der Waals surface area contributed by atoms with Crippen molar-refractivity contribution in [3.05, 3.63) is 0 Å². The van der Waals surface area contributed by atoms with Crippen LogP contribution in [0.25, 0.3) is 0 Å². The predicted molar refractivity (Wildman–Crippen MR) is 179 cm³/mol. The number of hydrogen-bond acceptors (Lipinski definition) is 11. The van der Waals surface area contributed by atoms with Gasteiger partial charge in [0, 0.05) is 12.3 Å². The summed E-state index contributed by atoms with van der Waals surface area (Å²) in [4.78, 5) is 90.7. The summed E-state index contributed by atoms with van der Waals surface area (Å²) >= 11 is 5.64. The van der Waals surface area contributed by atoms with Crippen LogP contribution >= 0.6 is 24.4 Å². The number of carbonyl (C=O) groups is 7. The third-order valence-corrected chi connectivity index (χ3v) is 8.48. The number of carboxylic acid groups (broad SMARTS) is 1. The van der Waals surface area contributed by atoms with Crippen LogP contribution in [0.2, 0.25) is 0 Å². The second-order valence-corrected chi connectivity index (χ2v) is 13.4. The maximum atomic E-state index is 13.4. The summed E-state index contributed by atoms with van der Waals surface area (Å²) in [5.74, 6) is -5.35. The van der Waals surface area contributed by atoms with Gasteiger partial charge in [-0.15, -0.1) is 0 Å². The Hall–Kier alpha value is -3.09. The Bertz CT molecular complexity index is 1110. The lowest BCUT2D eigenvalue weighted by atomic mass is 9.99. The molecule has 1 saturated heterocycles. The lowest BCUT2D eigenvalue weighted by Crippen LogP contribution is -2.61. The first kappa shape index (κ1) is 41.9. The minimum atomic E-state index is -1.29. The number of hydrogen-bond donors (Lipinski definition) is 9. The number of carboxylic acids is 1. The highest BCUT2D eigenvalue weighted by molar-refractivity contribution is 7.98. The molecule has 0 radical (unpaired) electrons. The first-order valence-corrected chi connectivity index (χ1v) is 17.6. The second kappa shape index (κ2) is 21.0. The van der Waals surface area contributed by atoms with Crippen molar-refractivity contribution >= 4 is 65.8 Å². The molecular formula is C29H51N7O9S2. The third kappa shape index (κ3) is 13.5. The van der Waals surface area contributed by atoms with Gasteiger partial charge in [0.25, 0.3) is 0 Å². The number of aliphatic carboxylic acids is 1. The molecule has 1 aliphatic rings. The molecule has 1 fully saturated rings. The molecule has 1 rings (SSSR count). The maximum Gasteiger partial charge on any atom is 0.326 e. The van der Waals surface area contributed by atoms with E-state index < -0.39 is 96.7 Å². The Morgan fingerprint density at radius 2 is 1.51 bits per heavy atom. The van der Waals surface area contributed by atoms with Crippen LogP contribution in [-0.4, -0.2) is 130 Å². The van der Waals surface area contributed by atoms with E-state index in [-0.39, 0.29) is 37.5 Å². The van der Waals surface area contributed by atoms with Gasteiger partial charge in [-0.05, 0) is 49.5 Å². The number of nitrogens with two attached hydrogens (primary N) is 1. The smallest absolute Gasteiger partial charge is 0.326 e. The maximum absolute atomic E-state index is 13.4. The molecule has 9 N–H and O–H groups in total. The van der Waals surface area contributed by atoms with E-state index in [1.807, 2.05) is 20.1 Å². The molecule has 18 heteroatoms. The Morgan fingerprint density at radius 1 is 0.894 bits per heavy atom. The number of aliphatic hydroxyl groups is 1. The van der Waals surface area contributed by atoms with Crippen LogP contribution in [0.15, 0.2) is 0 Å². The Labute approximate surface area is 285 Å². The first-order chi connectivity index (χ1) is 22.1. The van der Waals surface area contributed by atoms with E-state index in [1.54, 1.807) is 13.8 Å². The molecule has 0 aliphatic carbocycles. The minimum absolute atomic E-state index is 0.0389. The number of thioether (sulfide) groups is 1. The van der Waals surface area contributed by atoms with Crippen molar-refractivity contribution in [3.63, 3.8) is 0 Å². The van der Waals surface area contributed by atoms with Gasteiger partial charge in [0.15, 0.2) is 0 Å². The monoisotopic (exact) mass is 705 g/mol. The summed E-state index contributed by atoms with van der Waals surface area (Å²) in [7, 11) is 0. The van der Waals surface area contributed by atoms with Crippen molar-refractivity contribution in [2.24, 2.45) is 17.6 Å². The molecule has 0 saturated carbocycles. The topological polar surface area (TPSA) is 249 Å². The summed E-state index contributed by atoms with van der Waals surface area (Å²) in [5, 5.41) is 31.8. The standard InChI is InChI=1S/C29H51N7O9S2/c1-15(2)11-18(24(39)32-17(29(44)45)8-10-47-5)33-27(42)23(16(3)4)35-25(40)20(14-46)34-26(41)21-7-6-9-36(21)28(43)19(13-37)31-22(38)12-30/h15-21,23,37,46H,6-14,30H2,1-5H3,(H,31,38)(H,32,39)(H,33,42)(H,34,41)(H,35,40)(H,44,45). The number of nitrogens with one attached hydrogen (secondary N) is 5. The van der Waals surface area contributed by atoms with Crippen LogP contribution in [0.3, 0.4) is 0 Å². The van der Waals surface area contributed by atoms with Crippen LogP contribution in [-0.2, 0) is 33.6 Å².